The number of allylic oxidation sites excluding steroid dienone is 1. The SMILES string of the molecule is CCOc1cc(/C=C/C(=O)c2cccnc2)cc(Br)c1OC. The van der Waals surface area contributed by atoms with Gasteiger partial charge < -0.3 is 9.47 Å². The monoisotopic (exact) mass is 361 g/mol. The number of nitrogens with zero attached hydrogens (tertiary/aromatic N) is 1. The van der Waals surface area contributed by atoms with Crippen LogP contribution in [0, 0.1) is 0 Å². The van der Waals surface area contributed by atoms with Gasteiger partial charge in [-0.25, -0.2) is 0 Å². The Balaban J connectivity index is 2.26. The second-order valence-corrected chi connectivity index (χ2v) is 5.26. The second kappa shape index (κ2) is 7.75. The molecule has 0 bridgehead atoms. The Kier molecular flexibility index (Phi) is 5.72. The van der Waals surface area contributed by atoms with Gasteiger partial charge in [-0.1, -0.05) is 6.08 Å². The van der Waals surface area contributed by atoms with Crippen molar-refractivity contribution in [1.82, 2.24) is 4.98 Å². The zero-order valence-electron chi connectivity index (χ0n) is 12.4. The average molecular weight is 362 g/mol. The molecule has 0 aliphatic carbocycles. The Morgan fingerprint density at radius 2 is 2.23 bits per heavy atom. The molecule has 1 aromatic carbocycles. The topological polar surface area (TPSA) is 48.4 Å². The van der Waals surface area contributed by atoms with E-state index in [4.69, 9.17) is 9.47 Å². The van der Waals surface area contributed by atoms with Gasteiger partial charge in [0, 0.05) is 18.0 Å². The van der Waals surface area contributed by atoms with Crippen molar-refractivity contribution in [2.24, 2.45) is 0 Å². The van der Waals surface area contributed by atoms with Crippen LogP contribution in [-0.4, -0.2) is 24.5 Å². The maximum atomic E-state index is 12.0. The molecular weight excluding hydrogens is 346 g/mol. The average Bonchev–Trinajstić information content (AvgIpc) is 2.53. The first-order chi connectivity index (χ1) is 10.7. The van der Waals surface area contributed by atoms with Gasteiger partial charge in [0.05, 0.1) is 18.2 Å². The Hall–Kier alpha value is -2.14. The highest BCUT2D eigenvalue weighted by Crippen LogP contribution is 2.36. The zero-order valence-corrected chi connectivity index (χ0v) is 14.0. The molecule has 0 atom stereocenters. The van der Waals surface area contributed by atoms with Crippen LogP contribution in [0.1, 0.15) is 22.8 Å². The number of halogens is 1. The summed E-state index contributed by atoms with van der Waals surface area (Å²) in [6, 6.07) is 7.17. The Morgan fingerprint density at radius 3 is 2.86 bits per heavy atom. The smallest absolute Gasteiger partial charge is 0.187 e. The van der Waals surface area contributed by atoms with Gasteiger partial charge in [0.1, 0.15) is 0 Å². The van der Waals surface area contributed by atoms with Crippen LogP contribution >= 0.6 is 15.9 Å². The molecule has 0 aliphatic heterocycles. The number of hydrogen-bond donors (Lipinski definition) is 0. The third-order valence-corrected chi connectivity index (χ3v) is 3.50. The summed E-state index contributed by atoms with van der Waals surface area (Å²) in [7, 11) is 1.59. The number of carbonyl (C=O) groups excluding carboxylic acids is 1. The van der Waals surface area contributed by atoms with E-state index in [0.29, 0.717) is 23.7 Å². The van der Waals surface area contributed by atoms with Crippen molar-refractivity contribution in [3.8, 4) is 11.5 Å². The Morgan fingerprint density at radius 1 is 1.41 bits per heavy atom. The summed E-state index contributed by atoms with van der Waals surface area (Å²) in [4.78, 5) is 16.0. The van der Waals surface area contributed by atoms with Gasteiger partial charge in [-0.15, -0.1) is 0 Å². The van der Waals surface area contributed by atoms with Crippen LogP contribution in [-0.2, 0) is 0 Å². The normalized spacial score (nSPS) is 10.7. The van der Waals surface area contributed by atoms with E-state index in [9.17, 15) is 4.79 Å². The van der Waals surface area contributed by atoms with Gasteiger partial charge in [-0.05, 0) is 58.8 Å². The molecule has 0 aliphatic rings. The summed E-state index contributed by atoms with van der Waals surface area (Å²) in [6.07, 6.45) is 6.43. The standard InChI is InChI=1S/C17H16BrNO3/c1-3-22-16-10-12(9-14(18)17(16)21-2)6-7-15(20)13-5-4-8-19-11-13/h4-11H,3H2,1-2H3/b7-6+. The number of benzene rings is 1. The van der Waals surface area contributed by atoms with Gasteiger partial charge in [0.15, 0.2) is 17.3 Å². The van der Waals surface area contributed by atoms with E-state index in [1.165, 1.54) is 6.08 Å². The fourth-order valence-electron chi connectivity index (χ4n) is 1.92. The van der Waals surface area contributed by atoms with Gasteiger partial charge in [0.25, 0.3) is 0 Å². The lowest BCUT2D eigenvalue weighted by molar-refractivity contribution is 0.104. The maximum Gasteiger partial charge on any atom is 0.187 e. The summed E-state index contributed by atoms with van der Waals surface area (Å²) in [5, 5.41) is 0. The molecule has 0 saturated heterocycles. The summed E-state index contributed by atoms with van der Waals surface area (Å²) in [5.41, 5.74) is 1.39. The maximum absolute atomic E-state index is 12.0. The van der Waals surface area contributed by atoms with Crippen LogP contribution < -0.4 is 9.47 Å². The summed E-state index contributed by atoms with van der Waals surface area (Å²) in [6.45, 7) is 2.44. The number of aromatic nitrogens is 1. The van der Waals surface area contributed by atoms with Gasteiger partial charge >= 0.3 is 0 Å². The molecule has 1 aromatic heterocycles. The fourth-order valence-corrected chi connectivity index (χ4v) is 2.54. The second-order valence-electron chi connectivity index (χ2n) is 4.41. The summed E-state index contributed by atoms with van der Waals surface area (Å²) in [5.74, 6) is 1.17. The van der Waals surface area contributed by atoms with E-state index in [0.717, 1.165) is 10.0 Å². The minimum atomic E-state index is -0.0991. The van der Waals surface area contributed by atoms with Crippen molar-refractivity contribution in [2.45, 2.75) is 6.92 Å². The van der Waals surface area contributed by atoms with Crippen LogP contribution in [0.2, 0.25) is 0 Å². The molecule has 22 heavy (non-hydrogen) atoms. The lowest BCUT2D eigenvalue weighted by Crippen LogP contribution is -1.97. The predicted molar refractivity (Wildman–Crippen MR) is 89.5 cm³/mol. The number of methoxy groups -OCH3 is 1. The summed E-state index contributed by atoms with van der Waals surface area (Å²) >= 11 is 3.45. The molecule has 2 aromatic rings. The number of rotatable bonds is 6. The van der Waals surface area contributed by atoms with E-state index in [1.807, 2.05) is 19.1 Å². The first kappa shape index (κ1) is 16.2. The molecule has 0 spiro atoms. The number of ketones is 1. The van der Waals surface area contributed by atoms with E-state index in [-0.39, 0.29) is 5.78 Å². The highest BCUT2D eigenvalue weighted by Gasteiger charge is 2.10. The fraction of sp³-hybridized carbons (Fsp3) is 0.176. The van der Waals surface area contributed by atoms with E-state index in [2.05, 4.69) is 20.9 Å². The largest absolute Gasteiger partial charge is 0.492 e. The number of pyridine rings is 1. The molecule has 0 N–H and O–H groups in total. The van der Waals surface area contributed by atoms with Crippen molar-refractivity contribution in [1.29, 1.82) is 0 Å². The van der Waals surface area contributed by atoms with Crippen molar-refractivity contribution < 1.29 is 14.3 Å². The lowest BCUT2D eigenvalue weighted by atomic mass is 10.1. The van der Waals surface area contributed by atoms with Crippen molar-refractivity contribution in [3.05, 3.63) is 58.3 Å². The van der Waals surface area contributed by atoms with Gasteiger partial charge in [-0.2, -0.15) is 0 Å². The summed E-state index contributed by atoms with van der Waals surface area (Å²) < 4.78 is 11.6. The Bertz CT molecular complexity index is 684. The van der Waals surface area contributed by atoms with Crippen molar-refractivity contribution >= 4 is 27.8 Å². The van der Waals surface area contributed by atoms with Gasteiger partial charge in [0.2, 0.25) is 0 Å². The molecule has 0 saturated carbocycles. The number of ether oxygens (including phenoxy) is 2. The van der Waals surface area contributed by atoms with Crippen LogP contribution in [0.3, 0.4) is 0 Å². The van der Waals surface area contributed by atoms with Crippen LogP contribution in [0.25, 0.3) is 6.08 Å². The highest BCUT2D eigenvalue weighted by molar-refractivity contribution is 9.10. The van der Waals surface area contributed by atoms with Crippen molar-refractivity contribution in [2.75, 3.05) is 13.7 Å². The lowest BCUT2D eigenvalue weighted by Gasteiger charge is -2.12. The van der Waals surface area contributed by atoms with Gasteiger partial charge in [-0.3, -0.25) is 9.78 Å². The minimum Gasteiger partial charge on any atom is -0.492 e. The number of carbonyl (C=O) groups is 1. The molecule has 0 radical (unpaired) electrons. The molecule has 0 unspecified atom stereocenters. The van der Waals surface area contributed by atoms with Crippen LogP contribution in [0.4, 0.5) is 0 Å². The Labute approximate surface area is 137 Å². The third-order valence-electron chi connectivity index (χ3n) is 2.91. The molecule has 4 nitrogen and oxygen atoms in total. The van der Waals surface area contributed by atoms with E-state index < -0.39 is 0 Å². The van der Waals surface area contributed by atoms with E-state index in [1.54, 1.807) is 37.7 Å². The van der Waals surface area contributed by atoms with Crippen LogP contribution in [0.15, 0.2) is 47.2 Å². The molecule has 5 heteroatoms. The molecular formula is C17H16BrNO3. The van der Waals surface area contributed by atoms with Crippen molar-refractivity contribution in [3.63, 3.8) is 0 Å². The highest BCUT2D eigenvalue weighted by atomic mass is 79.9. The molecule has 114 valence electrons. The van der Waals surface area contributed by atoms with E-state index >= 15 is 0 Å². The molecule has 1 heterocycles. The molecule has 0 amide bonds. The first-order valence-electron chi connectivity index (χ1n) is 6.78. The quantitative estimate of drug-likeness (QED) is 0.572. The number of hydrogen-bond acceptors (Lipinski definition) is 4. The predicted octanol–water partition coefficient (Wildman–Crippen LogP) is 4.15. The van der Waals surface area contributed by atoms with Crippen LogP contribution in [0.5, 0.6) is 11.5 Å². The first-order valence-corrected chi connectivity index (χ1v) is 7.57. The molecule has 2 rings (SSSR count). The minimum absolute atomic E-state index is 0.0991. The third kappa shape index (κ3) is 3.95. The zero-order chi connectivity index (χ0) is 15.9. The molecule has 0 fully saturated rings.